The van der Waals surface area contributed by atoms with Crippen LogP contribution < -0.4 is 0 Å². The second kappa shape index (κ2) is 5.57. The molecule has 0 spiro atoms. The van der Waals surface area contributed by atoms with Crippen molar-refractivity contribution < 1.29 is 4.39 Å². The molecule has 0 saturated carbocycles. The molecule has 0 nitrogen and oxygen atoms in total. The Hall–Kier alpha value is 0.0200. The van der Waals surface area contributed by atoms with Crippen LogP contribution in [0.3, 0.4) is 0 Å². The second-order valence-electron chi connectivity index (χ2n) is 4.26. The lowest BCUT2D eigenvalue weighted by atomic mass is 9.91. The molecule has 1 aromatic carbocycles. The molecule has 2 unspecified atom stereocenters. The first-order chi connectivity index (χ1) is 7.34. The average molecular weight is 284 g/mol. The minimum Gasteiger partial charge on any atom is -0.205 e. The van der Waals surface area contributed by atoms with Gasteiger partial charge in [0.25, 0.3) is 0 Å². The number of rotatable bonds is 3. The van der Waals surface area contributed by atoms with E-state index in [1.54, 1.807) is 0 Å². The van der Waals surface area contributed by atoms with Crippen molar-refractivity contribution in [1.82, 2.24) is 0 Å². The predicted octanol–water partition coefficient (Wildman–Crippen LogP) is 5.50. The van der Waals surface area contributed by atoms with Crippen molar-refractivity contribution in [2.45, 2.75) is 32.1 Å². The van der Waals surface area contributed by atoms with Gasteiger partial charge in [0, 0.05) is 10.4 Å². The summed E-state index contributed by atoms with van der Waals surface area (Å²) in [5.41, 5.74) is 0.706. The minimum atomic E-state index is -0.458. The van der Waals surface area contributed by atoms with Crippen molar-refractivity contribution >= 4 is 34.8 Å². The molecule has 0 bridgehead atoms. The van der Waals surface area contributed by atoms with Gasteiger partial charge in [-0.3, -0.25) is 0 Å². The summed E-state index contributed by atoms with van der Waals surface area (Å²) in [6, 6.07) is 2.79. The van der Waals surface area contributed by atoms with Crippen LogP contribution in [0.4, 0.5) is 4.39 Å². The lowest BCUT2D eigenvalue weighted by molar-refractivity contribution is 0.530. The number of hydrogen-bond donors (Lipinski definition) is 0. The predicted molar refractivity (Wildman–Crippen MR) is 69.3 cm³/mol. The van der Waals surface area contributed by atoms with Crippen LogP contribution in [-0.4, -0.2) is 5.38 Å². The highest BCUT2D eigenvalue weighted by Gasteiger charge is 2.22. The van der Waals surface area contributed by atoms with E-state index in [1.807, 2.05) is 20.8 Å². The monoisotopic (exact) mass is 282 g/mol. The van der Waals surface area contributed by atoms with E-state index < -0.39 is 5.82 Å². The van der Waals surface area contributed by atoms with Gasteiger partial charge in [-0.1, -0.05) is 44.0 Å². The molecule has 0 N–H and O–H groups in total. The first-order valence-electron chi connectivity index (χ1n) is 5.13. The summed E-state index contributed by atoms with van der Waals surface area (Å²) in [6.45, 7) is 5.98. The molecule has 0 fully saturated rings. The van der Waals surface area contributed by atoms with E-state index in [0.717, 1.165) is 0 Å². The summed E-state index contributed by atoms with van der Waals surface area (Å²) in [5.74, 6) is -0.173. The van der Waals surface area contributed by atoms with Crippen molar-refractivity contribution in [3.8, 4) is 0 Å². The summed E-state index contributed by atoms with van der Waals surface area (Å²) in [7, 11) is 0. The maximum absolute atomic E-state index is 13.4. The summed E-state index contributed by atoms with van der Waals surface area (Å²) < 4.78 is 13.4. The smallest absolute Gasteiger partial charge is 0.142 e. The Balaban J connectivity index is 3.08. The molecule has 16 heavy (non-hydrogen) atoms. The standard InChI is InChI=1S/C12H14Cl3F/c1-6(2)12(15)7(3)8-4-11(16)10(14)5-9(8)13/h4-7,12H,1-3H3. The lowest BCUT2D eigenvalue weighted by Crippen LogP contribution is -2.16. The van der Waals surface area contributed by atoms with Crippen molar-refractivity contribution in [2.75, 3.05) is 0 Å². The Labute approximate surface area is 111 Å². The topological polar surface area (TPSA) is 0 Å². The molecule has 0 aliphatic carbocycles. The van der Waals surface area contributed by atoms with E-state index in [2.05, 4.69) is 0 Å². The van der Waals surface area contributed by atoms with Gasteiger partial charge in [0.15, 0.2) is 0 Å². The zero-order chi connectivity index (χ0) is 12.5. The lowest BCUT2D eigenvalue weighted by Gasteiger charge is -2.22. The number of benzene rings is 1. The molecule has 1 rings (SSSR count). The van der Waals surface area contributed by atoms with Gasteiger partial charge < -0.3 is 0 Å². The van der Waals surface area contributed by atoms with Gasteiger partial charge >= 0.3 is 0 Å². The average Bonchev–Trinajstić information content (AvgIpc) is 2.21. The number of hydrogen-bond acceptors (Lipinski definition) is 0. The van der Waals surface area contributed by atoms with Gasteiger partial charge in [-0.25, -0.2) is 4.39 Å². The summed E-state index contributed by atoms with van der Waals surface area (Å²) in [6.07, 6.45) is 0. The van der Waals surface area contributed by atoms with Gasteiger partial charge in [0.05, 0.1) is 5.02 Å². The van der Waals surface area contributed by atoms with E-state index in [9.17, 15) is 4.39 Å². The van der Waals surface area contributed by atoms with Crippen LogP contribution in [0, 0.1) is 11.7 Å². The molecular formula is C12H14Cl3F. The maximum Gasteiger partial charge on any atom is 0.142 e. The van der Waals surface area contributed by atoms with E-state index in [-0.39, 0.29) is 16.3 Å². The minimum absolute atomic E-state index is 0.0130. The van der Waals surface area contributed by atoms with Crippen LogP contribution in [0.2, 0.25) is 10.0 Å². The fourth-order valence-corrected chi connectivity index (χ4v) is 2.33. The first-order valence-corrected chi connectivity index (χ1v) is 6.32. The third-order valence-electron chi connectivity index (χ3n) is 2.64. The third kappa shape index (κ3) is 3.03. The summed E-state index contributed by atoms with van der Waals surface area (Å²) in [5, 5.41) is 0.417. The second-order valence-corrected chi connectivity index (χ2v) is 5.58. The fourth-order valence-electron chi connectivity index (χ4n) is 1.64. The Kier molecular flexibility index (Phi) is 4.90. The molecule has 0 radical (unpaired) electrons. The Bertz CT molecular complexity index is 377. The summed E-state index contributed by atoms with van der Waals surface area (Å²) >= 11 is 17.9. The van der Waals surface area contributed by atoms with Gasteiger partial charge in [0.1, 0.15) is 5.82 Å². The summed E-state index contributed by atoms with van der Waals surface area (Å²) in [4.78, 5) is 0. The molecule has 0 amide bonds. The van der Waals surface area contributed by atoms with Crippen LogP contribution in [0.5, 0.6) is 0 Å². The van der Waals surface area contributed by atoms with Crippen LogP contribution in [0.25, 0.3) is 0 Å². The fraction of sp³-hybridized carbons (Fsp3) is 0.500. The molecule has 0 aliphatic rings. The van der Waals surface area contributed by atoms with E-state index in [1.165, 1.54) is 12.1 Å². The maximum atomic E-state index is 13.4. The number of halogens is 4. The quantitative estimate of drug-likeness (QED) is 0.507. The molecule has 0 heterocycles. The zero-order valence-corrected chi connectivity index (χ0v) is 11.7. The third-order valence-corrected chi connectivity index (χ3v) is 4.14. The van der Waals surface area contributed by atoms with Crippen LogP contribution in [0.1, 0.15) is 32.3 Å². The molecule has 90 valence electrons. The molecule has 2 atom stereocenters. The highest BCUT2D eigenvalue weighted by molar-refractivity contribution is 6.35. The van der Waals surface area contributed by atoms with Gasteiger partial charge in [0.2, 0.25) is 0 Å². The highest BCUT2D eigenvalue weighted by atomic mass is 35.5. The van der Waals surface area contributed by atoms with Crippen molar-refractivity contribution in [3.63, 3.8) is 0 Å². The van der Waals surface area contributed by atoms with Gasteiger partial charge in [-0.15, -0.1) is 11.6 Å². The Morgan fingerprint density at radius 2 is 1.62 bits per heavy atom. The van der Waals surface area contributed by atoms with E-state index in [0.29, 0.717) is 16.5 Å². The molecule has 0 aliphatic heterocycles. The van der Waals surface area contributed by atoms with Crippen molar-refractivity contribution in [1.29, 1.82) is 0 Å². The normalized spacial score (nSPS) is 15.2. The largest absolute Gasteiger partial charge is 0.205 e. The molecule has 4 heteroatoms. The van der Waals surface area contributed by atoms with Gasteiger partial charge in [-0.05, 0) is 29.5 Å². The van der Waals surface area contributed by atoms with Gasteiger partial charge in [-0.2, -0.15) is 0 Å². The SMILES string of the molecule is CC(C)C(Cl)C(C)c1cc(F)c(Cl)cc1Cl. The molecular weight excluding hydrogens is 269 g/mol. The van der Waals surface area contributed by atoms with Crippen LogP contribution in [-0.2, 0) is 0 Å². The van der Waals surface area contributed by atoms with Crippen LogP contribution >= 0.6 is 34.8 Å². The van der Waals surface area contributed by atoms with E-state index in [4.69, 9.17) is 34.8 Å². The first kappa shape index (κ1) is 14.1. The molecule has 1 aromatic rings. The molecule has 0 aromatic heterocycles. The highest BCUT2D eigenvalue weighted by Crippen LogP contribution is 2.35. The van der Waals surface area contributed by atoms with E-state index >= 15 is 0 Å². The Morgan fingerprint density at radius 1 is 1.06 bits per heavy atom. The number of alkyl halides is 1. The zero-order valence-electron chi connectivity index (χ0n) is 9.40. The Morgan fingerprint density at radius 3 is 2.12 bits per heavy atom. The van der Waals surface area contributed by atoms with Crippen molar-refractivity contribution in [2.24, 2.45) is 5.92 Å². The van der Waals surface area contributed by atoms with Crippen LogP contribution in [0.15, 0.2) is 12.1 Å². The molecule has 0 saturated heterocycles. The van der Waals surface area contributed by atoms with Crippen molar-refractivity contribution in [3.05, 3.63) is 33.6 Å².